The molecule has 2 nitrogen and oxygen atoms in total. The van der Waals surface area contributed by atoms with Crippen LogP contribution >= 0.6 is 0 Å². The second kappa shape index (κ2) is 5.78. The Kier molecular flexibility index (Phi) is 4.63. The molecule has 2 heteroatoms. The van der Waals surface area contributed by atoms with E-state index < -0.39 is 0 Å². The van der Waals surface area contributed by atoms with E-state index in [-0.39, 0.29) is 0 Å². The molecule has 0 aliphatic carbocycles. The van der Waals surface area contributed by atoms with Crippen LogP contribution in [0, 0.1) is 0 Å². The molecule has 0 aromatic carbocycles. The molecule has 0 aromatic heterocycles. The molecule has 0 bridgehead atoms. The van der Waals surface area contributed by atoms with Crippen LogP contribution in [0.4, 0.5) is 0 Å². The van der Waals surface area contributed by atoms with Crippen molar-refractivity contribution in [3.8, 4) is 0 Å². The number of hydrogen-bond donors (Lipinski definition) is 1. The van der Waals surface area contributed by atoms with Crippen molar-refractivity contribution in [3.63, 3.8) is 0 Å². The lowest BCUT2D eigenvalue weighted by molar-refractivity contribution is 0.361. The standard InChI is InChI=1S/C12H20N2/c1-4-6-14(7-5-2)10-11(3)12-8-13-9-12/h4-5,13H,1-2,6-10H2,3H3. The van der Waals surface area contributed by atoms with Crippen molar-refractivity contribution in [2.24, 2.45) is 0 Å². The van der Waals surface area contributed by atoms with Gasteiger partial charge in [0.1, 0.15) is 0 Å². The summed E-state index contributed by atoms with van der Waals surface area (Å²) in [6, 6.07) is 0. The fraction of sp³-hybridized carbons (Fsp3) is 0.500. The summed E-state index contributed by atoms with van der Waals surface area (Å²) in [4.78, 5) is 2.33. The van der Waals surface area contributed by atoms with E-state index in [4.69, 9.17) is 0 Å². The van der Waals surface area contributed by atoms with Crippen LogP contribution in [0.2, 0.25) is 0 Å². The maximum absolute atomic E-state index is 3.76. The van der Waals surface area contributed by atoms with Gasteiger partial charge in [0.2, 0.25) is 0 Å². The molecule has 14 heavy (non-hydrogen) atoms. The zero-order chi connectivity index (χ0) is 10.4. The molecule has 0 spiro atoms. The van der Waals surface area contributed by atoms with Crippen molar-refractivity contribution in [2.75, 3.05) is 32.7 Å². The summed E-state index contributed by atoms with van der Waals surface area (Å²) in [6.07, 6.45) is 3.89. The van der Waals surface area contributed by atoms with E-state index in [1.807, 2.05) is 12.2 Å². The fourth-order valence-electron chi connectivity index (χ4n) is 1.57. The molecule has 0 amide bonds. The molecule has 1 N–H and O–H groups in total. The first-order chi connectivity index (χ1) is 6.77. The summed E-state index contributed by atoms with van der Waals surface area (Å²) < 4.78 is 0. The van der Waals surface area contributed by atoms with Crippen molar-refractivity contribution in [1.29, 1.82) is 0 Å². The highest BCUT2D eigenvalue weighted by atomic mass is 15.1. The van der Waals surface area contributed by atoms with Gasteiger partial charge >= 0.3 is 0 Å². The van der Waals surface area contributed by atoms with Crippen LogP contribution in [0.15, 0.2) is 36.5 Å². The smallest absolute Gasteiger partial charge is 0.0200 e. The van der Waals surface area contributed by atoms with Crippen molar-refractivity contribution >= 4 is 0 Å². The molecule has 0 radical (unpaired) electrons. The van der Waals surface area contributed by atoms with E-state index in [2.05, 4.69) is 30.3 Å². The lowest BCUT2D eigenvalue weighted by Crippen LogP contribution is -2.37. The van der Waals surface area contributed by atoms with Gasteiger partial charge in [-0.1, -0.05) is 17.7 Å². The van der Waals surface area contributed by atoms with E-state index in [1.165, 1.54) is 5.57 Å². The molecule has 1 aliphatic rings. The van der Waals surface area contributed by atoms with Gasteiger partial charge in [-0.15, -0.1) is 13.2 Å². The number of nitrogens with zero attached hydrogens (tertiary/aromatic N) is 1. The highest BCUT2D eigenvalue weighted by Crippen LogP contribution is 2.10. The average molecular weight is 192 g/mol. The molecule has 1 rings (SSSR count). The van der Waals surface area contributed by atoms with Crippen LogP contribution in [-0.4, -0.2) is 37.6 Å². The monoisotopic (exact) mass is 192 g/mol. The quantitative estimate of drug-likeness (QED) is 0.643. The third-order valence-electron chi connectivity index (χ3n) is 2.52. The Balaban J connectivity index is 2.44. The molecule has 0 unspecified atom stereocenters. The first-order valence-corrected chi connectivity index (χ1v) is 5.10. The summed E-state index contributed by atoms with van der Waals surface area (Å²) in [5.74, 6) is 0. The second-order valence-corrected chi connectivity index (χ2v) is 3.76. The van der Waals surface area contributed by atoms with Gasteiger partial charge in [0.15, 0.2) is 0 Å². The normalized spacial score (nSPS) is 15.1. The van der Waals surface area contributed by atoms with E-state index in [0.717, 1.165) is 32.7 Å². The summed E-state index contributed by atoms with van der Waals surface area (Å²) in [6.45, 7) is 14.8. The molecule has 0 atom stereocenters. The Morgan fingerprint density at radius 1 is 1.36 bits per heavy atom. The lowest BCUT2D eigenvalue weighted by Gasteiger charge is -2.26. The van der Waals surface area contributed by atoms with Gasteiger partial charge in [0.05, 0.1) is 0 Å². The molecule has 78 valence electrons. The summed E-state index contributed by atoms with van der Waals surface area (Å²) >= 11 is 0. The molecule has 1 fully saturated rings. The zero-order valence-corrected chi connectivity index (χ0v) is 9.05. The Labute approximate surface area is 87.0 Å². The van der Waals surface area contributed by atoms with Crippen LogP contribution < -0.4 is 5.32 Å². The maximum Gasteiger partial charge on any atom is 0.0200 e. The lowest BCUT2D eigenvalue weighted by atomic mass is 10.0. The Morgan fingerprint density at radius 3 is 2.29 bits per heavy atom. The molecule has 1 saturated heterocycles. The minimum atomic E-state index is 0.935. The predicted molar refractivity (Wildman–Crippen MR) is 62.4 cm³/mol. The molecular weight excluding hydrogens is 172 g/mol. The number of hydrogen-bond acceptors (Lipinski definition) is 2. The third-order valence-corrected chi connectivity index (χ3v) is 2.52. The van der Waals surface area contributed by atoms with Crippen LogP contribution in [-0.2, 0) is 0 Å². The Morgan fingerprint density at radius 2 is 1.93 bits per heavy atom. The Hall–Kier alpha value is -0.860. The highest BCUT2D eigenvalue weighted by Gasteiger charge is 2.12. The summed E-state index contributed by atoms with van der Waals surface area (Å²) in [5.41, 5.74) is 3.05. The van der Waals surface area contributed by atoms with Gasteiger partial charge in [-0.3, -0.25) is 4.90 Å². The van der Waals surface area contributed by atoms with Gasteiger partial charge in [0, 0.05) is 32.7 Å². The van der Waals surface area contributed by atoms with Crippen LogP contribution in [0.3, 0.4) is 0 Å². The van der Waals surface area contributed by atoms with Crippen molar-refractivity contribution in [2.45, 2.75) is 6.92 Å². The van der Waals surface area contributed by atoms with Gasteiger partial charge in [-0.05, 0) is 12.5 Å². The van der Waals surface area contributed by atoms with Gasteiger partial charge < -0.3 is 5.32 Å². The van der Waals surface area contributed by atoms with E-state index in [9.17, 15) is 0 Å². The minimum absolute atomic E-state index is 0.935. The molecule has 1 aliphatic heterocycles. The SMILES string of the molecule is C=CCN(CC=C)CC(C)=C1CNC1. The van der Waals surface area contributed by atoms with E-state index >= 15 is 0 Å². The van der Waals surface area contributed by atoms with Crippen LogP contribution in [0.25, 0.3) is 0 Å². The zero-order valence-electron chi connectivity index (χ0n) is 9.05. The van der Waals surface area contributed by atoms with Gasteiger partial charge in [0.25, 0.3) is 0 Å². The first kappa shape index (κ1) is 11.2. The third kappa shape index (κ3) is 3.13. The van der Waals surface area contributed by atoms with Crippen LogP contribution in [0.5, 0.6) is 0 Å². The minimum Gasteiger partial charge on any atom is -0.309 e. The predicted octanol–water partition coefficient (Wildman–Crippen LogP) is 1.58. The molecular formula is C12H20N2. The second-order valence-electron chi connectivity index (χ2n) is 3.76. The largest absolute Gasteiger partial charge is 0.309 e. The fourth-order valence-corrected chi connectivity index (χ4v) is 1.57. The van der Waals surface area contributed by atoms with E-state index in [1.54, 1.807) is 5.57 Å². The van der Waals surface area contributed by atoms with Gasteiger partial charge in [-0.2, -0.15) is 0 Å². The molecule has 0 saturated carbocycles. The summed E-state index contributed by atoms with van der Waals surface area (Å²) in [7, 11) is 0. The molecule has 0 aromatic rings. The van der Waals surface area contributed by atoms with Crippen molar-refractivity contribution < 1.29 is 0 Å². The average Bonchev–Trinajstić information content (AvgIpc) is 2.01. The highest BCUT2D eigenvalue weighted by molar-refractivity contribution is 5.22. The number of rotatable bonds is 6. The molecule has 1 heterocycles. The van der Waals surface area contributed by atoms with Crippen molar-refractivity contribution in [3.05, 3.63) is 36.5 Å². The number of nitrogens with one attached hydrogen (secondary N) is 1. The van der Waals surface area contributed by atoms with Crippen LogP contribution in [0.1, 0.15) is 6.92 Å². The topological polar surface area (TPSA) is 15.3 Å². The Bertz CT molecular complexity index is 225. The van der Waals surface area contributed by atoms with Crippen molar-refractivity contribution in [1.82, 2.24) is 10.2 Å². The maximum atomic E-state index is 3.76. The van der Waals surface area contributed by atoms with Gasteiger partial charge in [-0.25, -0.2) is 0 Å². The van der Waals surface area contributed by atoms with E-state index in [0.29, 0.717) is 0 Å². The summed E-state index contributed by atoms with van der Waals surface area (Å²) in [5, 5.41) is 3.26. The first-order valence-electron chi connectivity index (χ1n) is 5.10.